The van der Waals surface area contributed by atoms with Crippen molar-refractivity contribution in [3.8, 4) is 11.5 Å². The Labute approximate surface area is 110 Å². The monoisotopic (exact) mass is 256 g/mol. The van der Waals surface area contributed by atoms with E-state index in [2.05, 4.69) is 9.98 Å². The highest BCUT2D eigenvalue weighted by atomic mass is 16.5. The summed E-state index contributed by atoms with van der Waals surface area (Å²) in [6.07, 6.45) is 3.74. The van der Waals surface area contributed by atoms with E-state index in [0.717, 1.165) is 0 Å². The summed E-state index contributed by atoms with van der Waals surface area (Å²) in [5.74, 6) is 0.678. The number of phenolic OH excluding ortho intramolecular Hbond substituents is 1. The molecule has 0 amide bonds. The molecule has 1 aromatic heterocycles. The van der Waals surface area contributed by atoms with E-state index in [1.165, 1.54) is 25.5 Å². The highest BCUT2D eigenvalue weighted by Gasteiger charge is 2.08. The number of pyridine rings is 1. The standard InChI is InChI=1S/C14H12N2O3/c1-19-12-7-10(9-17)6-11(14(12)18)8-16-13-4-2-3-5-15-13/h2-9,18H,1H3. The summed E-state index contributed by atoms with van der Waals surface area (Å²) < 4.78 is 4.99. The summed E-state index contributed by atoms with van der Waals surface area (Å²) in [5, 5.41) is 9.93. The summed E-state index contributed by atoms with van der Waals surface area (Å²) in [6, 6.07) is 8.31. The van der Waals surface area contributed by atoms with Gasteiger partial charge in [-0.25, -0.2) is 9.98 Å². The topological polar surface area (TPSA) is 71.8 Å². The second kappa shape index (κ2) is 5.77. The molecule has 96 valence electrons. The molecule has 5 heteroatoms. The molecule has 0 radical (unpaired) electrons. The molecule has 0 aliphatic heterocycles. The molecule has 0 spiro atoms. The number of benzene rings is 1. The molecular weight excluding hydrogens is 244 g/mol. The Hall–Kier alpha value is -2.69. The molecule has 0 aliphatic carbocycles. The molecule has 19 heavy (non-hydrogen) atoms. The Morgan fingerprint density at radius 2 is 2.21 bits per heavy atom. The largest absolute Gasteiger partial charge is 0.504 e. The van der Waals surface area contributed by atoms with E-state index in [-0.39, 0.29) is 11.5 Å². The van der Waals surface area contributed by atoms with Gasteiger partial charge in [-0.15, -0.1) is 0 Å². The van der Waals surface area contributed by atoms with Gasteiger partial charge in [-0.05, 0) is 24.3 Å². The van der Waals surface area contributed by atoms with Gasteiger partial charge in [0.25, 0.3) is 0 Å². The number of rotatable bonds is 4. The van der Waals surface area contributed by atoms with Gasteiger partial charge in [0.15, 0.2) is 17.3 Å². The van der Waals surface area contributed by atoms with Gasteiger partial charge in [-0.3, -0.25) is 4.79 Å². The van der Waals surface area contributed by atoms with Crippen LogP contribution in [0.4, 0.5) is 5.82 Å². The van der Waals surface area contributed by atoms with Crippen molar-refractivity contribution in [3.05, 3.63) is 47.7 Å². The molecule has 0 atom stereocenters. The molecule has 0 saturated carbocycles. The van der Waals surface area contributed by atoms with Crippen molar-refractivity contribution in [2.24, 2.45) is 4.99 Å². The Morgan fingerprint density at radius 3 is 2.84 bits per heavy atom. The van der Waals surface area contributed by atoms with Crippen LogP contribution in [0, 0.1) is 0 Å². The lowest BCUT2D eigenvalue weighted by Crippen LogP contribution is -1.92. The number of hydrogen-bond donors (Lipinski definition) is 1. The molecule has 1 heterocycles. The molecule has 2 aromatic rings. The number of ether oxygens (including phenoxy) is 1. The van der Waals surface area contributed by atoms with E-state index in [9.17, 15) is 9.90 Å². The van der Waals surface area contributed by atoms with Crippen molar-refractivity contribution in [1.82, 2.24) is 4.98 Å². The Balaban J connectivity index is 2.39. The lowest BCUT2D eigenvalue weighted by molar-refractivity contribution is 0.112. The number of carbonyl (C=O) groups is 1. The maximum atomic E-state index is 10.8. The third-order valence-electron chi connectivity index (χ3n) is 2.47. The first-order valence-electron chi connectivity index (χ1n) is 5.56. The third kappa shape index (κ3) is 2.95. The highest BCUT2D eigenvalue weighted by molar-refractivity contribution is 5.90. The zero-order valence-electron chi connectivity index (χ0n) is 10.3. The molecule has 0 aliphatic rings. The van der Waals surface area contributed by atoms with Crippen LogP contribution in [0.25, 0.3) is 0 Å². The zero-order chi connectivity index (χ0) is 13.7. The Morgan fingerprint density at radius 1 is 1.37 bits per heavy atom. The minimum atomic E-state index is -0.0622. The van der Waals surface area contributed by atoms with Crippen molar-refractivity contribution in [2.75, 3.05) is 7.11 Å². The molecule has 0 bridgehead atoms. The Kier molecular flexibility index (Phi) is 3.87. The number of aromatic nitrogens is 1. The van der Waals surface area contributed by atoms with Gasteiger partial charge < -0.3 is 9.84 Å². The molecule has 2 rings (SSSR count). The average Bonchev–Trinajstić information content (AvgIpc) is 2.47. The summed E-state index contributed by atoms with van der Waals surface area (Å²) >= 11 is 0. The number of aldehydes is 1. The normalized spacial score (nSPS) is 10.6. The van der Waals surface area contributed by atoms with Gasteiger partial charge in [0, 0.05) is 23.5 Å². The van der Waals surface area contributed by atoms with Crippen molar-refractivity contribution in [1.29, 1.82) is 0 Å². The first-order chi connectivity index (χ1) is 9.24. The number of phenols is 1. The number of carbonyl (C=O) groups excluding carboxylic acids is 1. The van der Waals surface area contributed by atoms with Gasteiger partial charge in [-0.2, -0.15) is 0 Å². The lowest BCUT2D eigenvalue weighted by atomic mass is 10.1. The van der Waals surface area contributed by atoms with Gasteiger partial charge in [0.1, 0.15) is 6.29 Å². The first kappa shape index (κ1) is 12.8. The maximum Gasteiger partial charge on any atom is 0.166 e. The van der Waals surface area contributed by atoms with E-state index in [0.29, 0.717) is 23.2 Å². The predicted octanol–water partition coefficient (Wildman–Crippen LogP) is 2.36. The fourth-order valence-corrected chi connectivity index (χ4v) is 1.54. The minimum absolute atomic E-state index is 0.0622. The van der Waals surface area contributed by atoms with Crippen LogP contribution in [0.2, 0.25) is 0 Å². The fourth-order valence-electron chi connectivity index (χ4n) is 1.54. The van der Waals surface area contributed by atoms with Crippen LogP contribution in [-0.2, 0) is 0 Å². The lowest BCUT2D eigenvalue weighted by Gasteiger charge is -2.06. The molecule has 1 aromatic carbocycles. The number of methoxy groups -OCH3 is 1. The van der Waals surface area contributed by atoms with Crippen LogP contribution in [0.5, 0.6) is 11.5 Å². The van der Waals surface area contributed by atoms with E-state index >= 15 is 0 Å². The second-order valence-corrected chi connectivity index (χ2v) is 3.72. The molecule has 0 saturated heterocycles. The summed E-state index contributed by atoms with van der Waals surface area (Å²) in [6.45, 7) is 0. The van der Waals surface area contributed by atoms with Gasteiger partial charge in [-0.1, -0.05) is 6.07 Å². The van der Waals surface area contributed by atoms with Gasteiger partial charge in [0.2, 0.25) is 0 Å². The smallest absolute Gasteiger partial charge is 0.166 e. The van der Waals surface area contributed by atoms with E-state index in [1.54, 1.807) is 18.3 Å². The third-order valence-corrected chi connectivity index (χ3v) is 2.47. The van der Waals surface area contributed by atoms with Crippen LogP contribution >= 0.6 is 0 Å². The predicted molar refractivity (Wildman–Crippen MR) is 71.5 cm³/mol. The van der Waals surface area contributed by atoms with Crippen LogP contribution in [0.1, 0.15) is 15.9 Å². The van der Waals surface area contributed by atoms with E-state index in [1.807, 2.05) is 6.07 Å². The number of hydrogen-bond acceptors (Lipinski definition) is 5. The second-order valence-electron chi connectivity index (χ2n) is 3.72. The van der Waals surface area contributed by atoms with Crippen molar-refractivity contribution < 1.29 is 14.6 Å². The summed E-state index contributed by atoms with van der Waals surface area (Å²) in [5.41, 5.74) is 0.796. The van der Waals surface area contributed by atoms with Gasteiger partial charge in [0.05, 0.1) is 7.11 Å². The average molecular weight is 256 g/mol. The fraction of sp³-hybridized carbons (Fsp3) is 0.0714. The molecule has 0 fully saturated rings. The number of nitrogens with zero attached hydrogens (tertiary/aromatic N) is 2. The number of aliphatic imine (C=N–C) groups is 1. The van der Waals surface area contributed by atoms with E-state index in [4.69, 9.17) is 4.74 Å². The number of aromatic hydroxyl groups is 1. The zero-order valence-corrected chi connectivity index (χ0v) is 10.3. The van der Waals surface area contributed by atoms with Crippen LogP contribution in [0.15, 0.2) is 41.5 Å². The summed E-state index contributed by atoms with van der Waals surface area (Å²) in [7, 11) is 1.42. The van der Waals surface area contributed by atoms with Crippen LogP contribution in [0.3, 0.4) is 0 Å². The molecule has 1 N–H and O–H groups in total. The van der Waals surface area contributed by atoms with E-state index < -0.39 is 0 Å². The van der Waals surface area contributed by atoms with Crippen molar-refractivity contribution in [2.45, 2.75) is 0 Å². The van der Waals surface area contributed by atoms with Crippen LogP contribution < -0.4 is 4.74 Å². The SMILES string of the molecule is COc1cc(C=O)cc(C=Nc2ccccn2)c1O. The summed E-state index contributed by atoms with van der Waals surface area (Å²) in [4.78, 5) is 19.0. The first-order valence-corrected chi connectivity index (χ1v) is 5.56. The van der Waals surface area contributed by atoms with Crippen molar-refractivity contribution in [3.63, 3.8) is 0 Å². The van der Waals surface area contributed by atoms with Crippen molar-refractivity contribution >= 4 is 18.3 Å². The quantitative estimate of drug-likeness (QED) is 0.673. The molecule has 0 unspecified atom stereocenters. The maximum absolute atomic E-state index is 10.8. The molecule has 5 nitrogen and oxygen atoms in total. The van der Waals surface area contributed by atoms with Crippen LogP contribution in [-0.4, -0.2) is 29.7 Å². The molecular formula is C14H12N2O3. The highest BCUT2D eigenvalue weighted by Crippen LogP contribution is 2.30. The minimum Gasteiger partial charge on any atom is -0.504 e. The van der Waals surface area contributed by atoms with Gasteiger partial charge >= 0.3 is 0 Å². The Bertz CT molecular complexity index is 610.